The Morgan fingerprint density at radius 1 is 0.778 bits per heavy atom. The van der Waals surface area contributed by atoms with Crippen molar-refractivity contribution in [3.05, 3.63) is 108 Å². The predicted octanol–water partition coefficient (Wildman–Crippen LogP) is 7.33. The minimum atomic E-state index is -0.171. The fourth-order valence-electron chi connectivity index (χ4n) is 6.44. The number of anilines is 4. The Bertz CT molecular complexity index is 2560. The summed E-state index contributed by atoms with van der Waals surface area (Å²) in [6, 6.07) is 24.5. The summed E-state index contributed by atoms with van der Waals surface area (Å²) in [5.74, 6) is 2.49. The third kappa shape index (κ3) is 3.57. The number of rotatable bonds is 6. The van der Waals surface area contributed by atoms with Crippen molar-refractivity contribution in [3.8, 4) is 5.82 Å². The molecular weight excluding hydrogens is 583 g/mol. The number of aliphatic imine (C=N–C) groups is 1. The minimum absolute atomic E-state index is 0.171. The molecule has 1 aliphatic rings. The van der Waals surface area contributed by atoms with Gasteiger partial charge in [-0.25, -0.2) is 24.3 Å². The van der Waals surface area contributed by atoms with Crippen molar-refractivity contribution in [2.45, 2.75) is 5.92 Å². The zero-order valence-electron chi connectivity index (χ0n) is 23.4. The van der Waals surface area contributed by atoms with Crippen LogP contribution in [0.25, 0.3) is 44.7 Å². The molecule has 1 atom stereocenters. The highest BCUT2D eigenvalue weighted by molar-refractivity contribution is 7.14. The van der Waals surface area contributed by atoms with Crippen LogP contribution in [0.15, 0.2) is 102 Å². The fraction of sp³-hybridized carbons (Fsp3) is 0.0303. The number of benzene rings is 2. The molecular formula is C33H21N11S. The molecule has 11 nitrogen and oxygen atoms in total. The van der Waals surface area contributed by atoms with Gasteiger partial charge in [-0.15, -0.1) is 11.3 Å². The lowest BCUT2D eigenvalue weighted by Crippen LogP contribution is -2.11. The zero-order valence-corrected chi connectivity index (χ0v) is 24.2. The highest BCUT2D eigenvalue weighted by Gasteiger charge is 2.30. The Balaban J connectivity index is 1.20. The molecule has 0 bridgehead atoms. The van der Waals surface area contributed by atoms with Crippen molar-refractivity contribution >= 4 is 84.3 Å². The van der Waals surface area contributed by atoms with Crippen LogP contribution in [-0.2, 0) is 0 Å². The summed E-state index contributed by atoms with van der Waals surface area (Å²) in [6.45, 7) is 0. The lowest BCUT2D eigenvalue weighted by molar-refractivity contribution is 0.956. The van der Waals surface area contributed by atoms with E-state index in [-0.39, 0.29) is 5.92 Å². The van der Waals surface area contributed by atoms with E-state index in [4.69, 9.17) is 19.9 Å². The van der Waals surface area contributed by atoms with Gasteiger partial charge in [0.2, 0.25) is 11.6 Å². The summed E-state index contributed by atoms with van der Waals surface area (Å²) in [4.78, 5) is 32.1. The van der Waals surface area contributed by atoms with Gasteiger partial charge in [-0.3, -0.25) is 9.56 Å². The first-order valence-electron chi connectivity index (χ1n) is 14.4. The summed E-state index contributed by atoms with van der Waals surface area (Å²) < 4.78 is 3.97. The van der Waals surface area contributed by atoms with Crippen molar-refractivity contribution in [3.63, 3.8) is 0 Å². The molecule has 0 radical (unpaired) electrons. The topological polar surface area (TPSA) is 126 Å². The zero-order chi connectivity index (χ0) is 29.5. The Morgan fingerprint density at radius 2 is 1.67 bits per heavy atom. The van der Waals surface area contributed by atoms with Crippen LogP contribution in [0.1, 0.15) is 17.2 Å². The van der Waals surface area contributed by atoms with E-state index in [0.29, 0.717) is 11.6 Å². The van der Waals surface area contributed by atoms with E-state index < -0.39 is 0 Å². The van der Waals surface area contributed by atoms with Crippen LogP contribution in [0.5, 0.6) is 0 Å². The van der Waals surface area contributed by atoms with E-state index in [1.807, 2.05) is 76.2 Å². The fourth-order valence-corrected chi connectivity index (χ4v) is 7.07. The summed E-state index contributed by atoms with van der Waals surface area (Å²) in [6.07, 6.45) is 7.22. The smallest absolute Gasteiger partial charge is 0.240 e. The van der Waals surface area contributed by atoms with E-state index in [1.54, 1.807) is 11.3 Å². The predicted molar refractivity (Wildman–Crippen MR) is 178 cm³/mol. The number of imidazole rings is 1. The van der Waals surface area contributed by atoms with Crippen LogP contribution >= 0.6 is 11.3 Å². The number of aromatic amines is 1. The summed E-state index contributed by atoms with van der Waals surface area (Å²) in [5, 5.41) is 12.2. The molecule has 6 aromatic heterocycles. The van der Waals surface area contributed by atoms with Gasteiger partial charge in [0, 0.05) is 34.4 Å². The standard InChI is InChI=1S/C33H21N11S/c1-5-21-27(22(6-1)40-26-10-4-14-45-26)20(15-35-21)28-18-11-12-19-29(18)44-32(41-28)36-16-37-33(44)42-31(19)43-17-38-23-7-2-8-24(30(23)43)39-25-9-3-13-34-25/h1-17,20,34,39-40H/t20-/m0/s1. The Hall–Kier alpha value is -6.14. The molecule has 12 heteroatoms. The first kappa shape index (κ1) is 24.3. The molecule has 1 aliphatic heterocycles. The lowest BCUT2D eigenvalue weighted by atomic mass is 9.94. The molecule has 214 valence electrons. The van der Waals surface area contributed by atoms with Gasteiger partial charge in [-0.2, -0.15) is 4.98 Å². The second-order valence-corrected chi connectivity index (χ2v) is 11.8. The van der Waals surface area contributed by atoms with Gasteiger partial charge < -0.3 is 15.6 Å². The SMILES string of the molecule is C1=Nc2cccc(Nc3cccs3)c2[C@H]1c1nc2ncnc3nc(-n4cnc5cccc(Nc6ccc[nH]6)c54)c4ccc1c4n23. The minimum Gasteiger partial charge on any atom is -0.348 e. The molecule has 9 aromatic rings. The maximum Gasteiger partial charge on any atom is 0.240 e. The van der Waals surface area contributed by atoms with Crippen molar-refractivity contribution in [1.29, 1.82) is 0 Å². The third-order valence-corrected chi connectivity index (χ3v) is 9.12. The highest BCUT2D eigenvalue weighted by atomic mass is 32.1. The van der Waals surface area contributed by atoms with Crippen LogP contribution in [-0.4, -0.2) is 45.1 Å². The second kappa shape index (κ2) is 9.18. The van der Waals surface area contributed by atoms with Gasteiger partial charge in [0.1, 0.15) is 18.5 Å². The van der Waals surface area contributed by atoms with Crippen molar-refractivity contribution in [2.75, 3.05) is 10.6 Å². The van der Waals surface area contributed by atoms with Gasteiger partial charge in [-0.1, -0.05) is 18.2 Å². The molecule has 3 N–H and O–H groups in total. The first-order valence-corrected chi connectivity index (χ1v) is 15.3. The molecule has 0 saturated heterocycles. The van der Waals surface area contributed by atoms with Crippen molar-refractivity contribution in [1.82, 2.24) is 38.9 Å². The average Bonchev–Trinajstić information content (AvgIpc) is 3.91. The van der Waals surface area contributed by atoms with Gasteiger partial charge in [-0.05, 0) is 60.0 Å². The number of fused-ring (bicyclic) bond motifs is 2. The molecule has 10 rings (SSSR count). The normalized spacial score (nSPS) is 14.4. The summed E-state index contributed by atoms with van der Waals surface area (Å²) >= 11 is 1.66. The van der Waals surface area contributed by atoms with E-state index in [1.165, 1.54) is 6.33 Å². The average molecular weight is 604 g/mol. The number of H-pyrrole nitrogens is 1. The summed E-state index contributed by atoms with van der Waals surface area (Å²) in [5.41, 5.74) is 7.54. The monoisotopic (exact) mass is 603 g/mol. The number of nitrogens with one attached hydrogen (secondary N) is 3. The molecule has 45 heavy (non-hydrogen) atoms. The van der Waals surface area contributed by atoms with Gasteiger partial charge in [0.25, 0.3) is 0 Å². The van der Waals surface area contributed by atoms with E-state index in [0.717, 1.165) is 72.3 Å². The maximum atomic E-state index is 5.12. The number of aromatic nitrogens is 8. The molecule has 7 heterocycles. The molecule has 0 spiro atoms. The third-order valence-electron chi connectivity index (χ3n) is 8.33. The van der Waals surface area contributed by atoms with Gasteiger partial charge >= 0.3 is 0 Å². The highest BCUT2D eigenvalue weighted by Crippen LogP contribution is 2.45. The molecule has 0 amide bonds. The first-order chi connectivity index (χ1) is 22.3. The molecule has 0 saturated carbocycles. The van der Waals surface area contributed by atoms with E-state index >= 15 is 0 Å². The molecule has 3 aromatic carbocycles. The van der Waals surface area contributed by atoms with Crippen LogP contribution in [0.3, 0.4) is 0 Å². The number of thiophene rings is 1. The molecule has 0 unspecified atom stereocenters. The number of hydrogen-bond donors (Lipinski definition) is 3. The second-order valence-electron chi connectivity index (χ2n) is 10.8. The number of para-hydroxylation sites is 1. The van der Waals surface area contributed by atoms with Gasteiger partial charge in [0.15, 0.2) is 5.82 Å². The van der Waals surface area contributed by atoms with Crippen LogP contribution in [0.2, 0.25) is 0 Å². The summed E-state index contributed by atoms with van der Waals surface area (Å²) in [7, 11) is 0. The van der Waals surface area contributed by atoms with E-state index in [9.17, 15) is 0 Å². The van der Waals surface area contributed by atoms with E-state index in [2.05, 4.69) is 55.2 Å². The van der Waals surface area contributed by atoms with Crippen LogP contribution in [0, 0.1) is 0 Å². The van der Waals surface area contributed by atoms with Crippen LogP contribution in [0.4, 0.5) is 27.9 Å². The lowest BCUT2D eigenvalue weighted by Gasteiger charge is -2.18. The number of nitrogens with zero attached hydrogens (tertiary/aromatic N) is 8. The van der Waals surface area contributed by atoms with Crippen LogP contribution < -0.4 is 10.6 Å². The Labute approximate surface area is 258 Å². The largest absolute Gasteiger partial charge is 0.348 e. The Kier molecular flexibility index (Phi) is 4.96. The molecule has 0 fully saturated rings. The van der Waals surface area contributed by atoms with Crippen molar-refractivity contribution < 1.29 is 0 Å². The Morgan fingerprint density at radius 3 is 2.56 bits per heavy atom. The van der Waals surface area contributed by atoms with Gasteiger partial charge in [0.05, 0.1) is 44.5 Å². The van der Waals surface area contributed by atoms with Crippen molar-refractivity contribution in [2.24, 2.45) is 4.99 Å². The number of hydrogen-bond acceptors (Lipinski definition) is 9. The molecule has 0 aliphatic carbocycles. The quantitative estimate of drug-likeness (QED) is 0.182. The maximum absolute atomic E-state index is 5.12.